The lowest BCUT2D eigenvalue weighted by molar-refractivity contribution is -0.112. The summed E-state index contributed by atoms with van der Waals surface area (Å²) in [7, 11) is 0. The number of esters is 1. The Morgan fingerprint density at radius 1 is 0.827 bits per heavy atom. The highest BCUT2D eigenvalue weighted by Gasteiger charge is 2.45. The number of nitrogens with zero attached hydrogens (tertiary/aromatic N) is 3. The maximum atomic E-state index is 14.1. The van der Waals surface area contributed by atoms with Crippen molar-refractivity contribution in [1.82, 2.24) is 15.0 Å². The predicted molar refractivity (Wildman–Crippen MR) is 176 cm³/mol. The fourth-order valence-corrected chi connectivity index (χ4v) is 5.38. The van der Waals surface area contributed by atoms with Gasteiger partial charge in [0.2, 0.25) is 0 Å². The van der Waals surface area contributed by atoms with E-state index >= 15 is 0 Å². The van der Waals surface area contributed by atoms with E-state index in [4.69, 9.17) is 34.2 Å². The van der Waals surface area contributed by atoms with Gasteiger partial charge in [-0.2, -0.15) is 0 Å². The van der Waals surface area contributed by atoms with E-state index in [9.17, 15) is 39.8 Å². The lowest BCUT2D eigenvalue weighted by Gasteiger charge is -2.39. The van der Waals surface area contributed by atoms with Crippen molar-refractivity contribution in [2.75, 3.05) is 52.8 Å². The monoisotopic (exact) mass is 730 g/mol. The molecule has 17 nitrogen and oxygen atoms in total. The summed E-state index contributed by atoms with van der Waals surface area (Å²) in [6.45, 7) is 2.99. The standard InChI is InChI=1S/C34H39FN4O13/c35-21-11-20(12-23(40)15-21)34(46)52-33-31(19-13-26(43)30(45)27(44)14-19)51-28-17-24(41)16-25(42)29(28)32(33)50-6-3-39-18-22(37-38-39)1-4-47-7-9-49-10-8-48-5-2-36/h11-18,31-33,40-45H,1-10,36H2. The van der Waals surface area contributed by atoms with E-state index in [-0.39, 0.29) is 41.3 Å². The zero-order chi connectivity index (χ0) is 37.2. The van der Waals surface area contributed by atoms with Crippen LogP contribution in [0.1, 0.15) is 39.4 Å². The summed E-state index contributed by atoms with van der Waals surface area (Å²) in [6.07, 6.45) is -2.12. The number of fused-ring (bicyclic) bond motifs is 1. The Labute approximate surface area is 296 Å². The first-order valence-corrected chi connectivity index (χ1v) is 16.2. The summed E-state index contributed by atoms with van der Waals surface area (Å²) in [6, 6.07) is 6.90. The normalized spacial score (nSPS) is 16.7. The molecule has 1 aromatic heterocycles. The third-order valence-corrected chi connectivity index (χ3v) is 7.73. The molecule has 280 valence electrons. The van der Waals surface area contributed by atoms with Crippen LogP contribution in [-0.2, 0) is 36.6 Å². The van der Waals surface area contributed by atoms with Crippen LogP contribution in [0.25, 0.3) is 0 Å². The number of carbonyl (C=O) groups excluding carboxylic acids is 1. The van der Waals surface area contributed by atoms with Crippen LogP contribution in [0.3, 0.4) is 0 Å². The van der Waals surface area contributed by atoms with E-state index in [0.717, 1.165) is 36.4 Å². The number of aromatic nitrogens is 3. The van der Waals surface area contributed by atoms with Gasteiger partial charge >= 0.3 is 5.97 Å². The number of phenols is 6. The smallest absolute Gasteiger partial charge is 0.338 e. The predicted octanol–water partition coefficient (Wildman–Crippen LogP) is 2.32. The Kier molecular flexibility index (Phi) is 12.9. The Bertz CT molecular complexity index is 1780. The molecule has 0 saturated heterocycles. The number of benzene rings is 3. The van der Waals surface area contributed by atoms with Gasteiger partial charge in [0.05, 0.1) is 69.6 Å². The van der Waals surface area contributed by atoms with Gasteiger partial charge in [0, 0.05) is 42.9 Å². The van der Waals surface area contributed by atoms with Crippen LogP contribution in [-0.4, -0.2) is 110 Å². The number of rotatable bonds is 18. The number of hydrogen-bond acceptors (Lipinski definition) is 16. The van der Waals surface area contributed by atoms with Gasteiger partial charge in [-0.15, -0.1) is 5.10 Å². The molecule has 0 fully saturated rings. The van der Waals surface area contributed by atoms with Crippen LogP contribution in [0.5, 0.6) is 40.2 Å². The zero-order valence-electron chi connectivity index (χ0n) is 27.8. The van der Waals surface area contributed by atoms with Gasteiger partial charge < -0.3 is 64.8 Å². The molecule has 0 amide bonds. The lowest BCUT2D eigenvalue weighted by Crippen LogP contribution is -2.40. The summed E-state index contributed by atoms with van der Waals surface area (Å²) < 4.78 is 49.9. The van der Waals surface area contributed by atoms with Gasteiger partial charge in [0.1, 0.15) is 34.9 Å². The Morgan fingerprint density at radius 3 is 2.19 bits per heavy atom. The van der Waals surface area contributed by atoms with E-state index < -0.39 is 58.8 Å². The summed E-state index contributed by atoms with van der Waals surface area (Å²) >= 11 is 0. The van der Waals surface area contributed by atoms with Crippen molar-refractivity contribution in [3.8, 4) is 40.2 Å². The molecule has 0 saturated carbocycles. The number of aromatic hydroxyl groups is 6. The second-order valence-electron chi connectivity index (χ2n) is 11.5. The number of carbonyl (C=O) groups is 1. The molecule has 1 aliphatic heterocycles. The molecule has 0 spiro atoms. The Balaban J connectivity index is 1.31. The van der Waals surface area contributed by atoms with Gasteiger partial charge in [-0.25, -0.2) is 13.9 Å². The fraction of sp³-hybridized carbons (Fsp3) is 0.382. The molecule has 1 aliphatic rings. The highest BCUT2D eigenvalue weighted by Crippen LogP contribution is 2.51. The SMILES string of the molecule is NCCOCCOCCOCCc1cn(CCOC2c3c(O)cc(O)cc3OC(c3cc(O)c(O)c(O)c3)C2OC(=O)c2cc(O)cc(F)c2)nn1. The van der Waals surface area contributed by atoms with Gasteiger partial charge in [-0.3, -0.25) is 0 Å². The van der Waals surface area contributed by atoms with Crippen LogP contribution < -0.4 is 10.5 Å². The van der Waals surface area contributed by atoms with Gasteiger partial charge in [-0.1, -0.05) is 5.21 Å². The molecule has 0 aliphatic carbocycles. The summed E-state index contributed by atoms with van der Waals surface area (Å²) in [5.41, 5.74) is 5.59. The first kappa shape index (κ1) is 37.8. The van der Waals surface area contributed by atoms with Crippen LogP contribution in [0.15, 0.2) is 48.7 Å². The van der Waals surface area contributed by atoms with E-state index in [1.165, 1.54) is 10.7 Å². The van der Waals surface area contributed by atoms with Gasteiger partial charge in [0.25, 0.3) is 0 Å². The van der Waals surface area contributed by atoms with Crippen molar-refractivity contribution in [1.29, 1.82) is 0 Å². The second-order valence-corrected chi connectivity index (χ2v) is 11.5. The molecule has 52 heavy (non-hydrogen) atoms. The molecule has 3 atom stereocenters. The largest absolute Gasteiger partial charge is 0.508 e. The lowest BCUT2D eigenvalue weighted by atomic mass is 9.90. The van der Waals surface area contributed by atoms with E-state index in [1.54, 1.807) is 6.20 Å². The molecule has 3 unspecified atom stereocenters. The zero-order valence-corrected chi connectivity index (χ0v) is 27.8. The minimum Gasteiger partial charge on any atom is -0.508 e. The van der Waals surface area contributed by atoms with Crippen molar-refractivity contribution in [3.05, 3.63) is 76.9 Å². The average Bonchev–Trinajstić information content (AvgIpc) is 3.55. The first-order chi connectivity index (χ1) is 25.0. The Morgan fingerprint density at radius 2 is 1.50 bits per heavy atom. The maximum Gasteiger partial charge on any atom is 0.338 e. The number of phenolic OH excluding ortho intramolecular Hbond substituents is 6. The van der Waals surface area contributed by atoms with Crippen LogP contribution in [0.2, 0.25) is 0 Å². The average molecular weight is 731 g/mol. The van der Waals surface area contributed by atoms with E-state index in [1.807, 2.05) is 0 Å². The van der Waals surface area contributed by atoms with Crippen molar-refractivity contribution < 1.29 is 68.2 Å². The number of nitrogens with two attached hydrogens (primary N) is 1. The van der Waals surface area contributed by atoms with Crippen LogP contribution in [0.4, 0.5) is 4.39 Å². The highest BCUT2D eigenvalue weighted by molar-refractivity contribution is 5.90. The van der Waals surface area contributed by atoms with E-state index in [0.29, 0.717) is 58.3 Å². The summed E-state index contributed by atoms with van der Waals surface area (Å²) in [5, 5.41) is 69.8. The molecule has 4 aromatic rings. The third-order valence-electron chi connectivity index (χ3n) is 7.73. The molecule has 2 heterocycles. The topological polar surface area (TPSA) is 251 Å². The third kappa shape index (κ3) is 9.68. The minimum atomic E-state index is -1.52. The van der Waals surface area contributed by atoms with Crippen LogP contribution >= 0.6 is 0 Å². The maximum absolute atomic E-state index is 14.1. The molecular weight excluding hydrogens is 691 g/mol. The van der Waals surface area contributed by atoms with Crippen LogP contribution in [0, 0.1) is 5.82 Å². The van der Waals surface area contributed by atoms with Crippen molar-refractivity contribution in [2.45, 2.75) is 31.3 Å². The van der Waals surface area contributed by atoms with Crippen molar-refractivity contribution >= 4 is 5.97 Å². The minimum absolute atomic E-state index is 0.0130. The number of hydrogen-bond donors (Lipinski definition) is 7. The highest BCUT2D eigenvalue weighted by atomic mass is 19.1. The number of ether oxygens (including phenoxy) is 6. The number of halogens is 1. The molecule has 8 N–H and O–H groups in total. The Hall–Kier alpha value is -5.40. The van der Waals surface area contributed by atoms with Crippen molar-refractivity contribution in [2.24, 2.45) is 5.73 Å². The second kappa shape index (κ2) is 17.7. The molecular formula is C34H39FN4O13. The first-order valence-electron chi connectivity index (χ1n) is 16.2. The molecule has 3 aromatic carbocycles. The van der Waals surface area contributed by atoms with Gasteiger partial charge in [0.15, 0.2) is 29.5 Å². The van der Waals surface area contributed by atoms with Crippen molar-refractivity contribution in [3.63, 3.8) is 0 Å². The fourth-order valence-electron chi connectivity index (χ4n) is 5.38. The van der Waals surface area contributed by atoms with E-state index in [2.05, 4.69) is 10.3 Å². The summed E-state index contributed by atoms with van der Waals surface area (Å²) in [4.78, 5) is 13.4. The molecule has 0 radical (unpaired) electrons. The molecule has 0 bridgehead atoms. The quantitative estimate of drug-likeness (QED) is 0.0441. The van der Waals surface area contributed by atoms with Gasteiger partial charge in [-0.05, 0) is 24.3 Å². The molecule has 5 rings (SSSR count). The molecule has 18 heteroatoms. The summed E-state index contributed by atoms with van der Waals surface area (Å²) in [5.74, 6) is -5.82.